The highest BCUT2D eigenvalue weighted by atomic mass is 16.2. The molecule has 0 unspecified atom stereocenters. The second kappa shape index (κ2) is 7.47. The summed E-state index contributed by atoms with van der Waals surface area (Å²) in [5.41, 5.74) is 4.05. The summed E-state index contributed by atoms with van der Waals surface area (Å²) < 4.78 is 1.91. The van der Waals surface area contributed by atoms with E-state index in [0.29, 0.717) is 6.54 Å². The van der Waals surface area contributed by atoms with Gasteiger partial charge in [-0.2, -0.15) is 0 Å². The van der Waals surface area contributed by atoms with E-state index in [4.69, 9.17) is 0 Å². The van der Waals surface area contributed by atoms with Crippen LogP contribution in [0.2, 0.25) is 0 Å². The number of benzene rings is 1. The third kappa shape index (κ3) is 3.75. The van der Waals surface area contributed by atoms with Crippen molar-refractivity contribution >= 4 is 6.03 Å². The van der Waals surface area contributed by atoms with Crippen molar-refractivity contribution < 1.29 is 4.79 Å². The number of carbonyl (C=O) groups excluding carboxylic acids is 1. The highest BCUT2D eigenvalue weighted by Crippen LogP contribution is 2.24. The van der Waals surface area contributed by atoms with E-state index in [1.54, 1.807) is 6.33 Å². The SMILES string of the molecule is CCn1cnnc1CNC(=O)N[C@H](C)c1ccc2c(c1)CCCC2. The van der Waals surface area contributed by atoms with E-state index in [9.17, 15) is 4.79 Å². The molecule has 2 amide bonds. The molecule has 0 fully saturated rings. The molecule has 0 saturated heterocycles. The van der Waals surface area contributed by atoms with E-state index in [1.807, 2.05) is 18.4 Å². The smallest absolute Gasteiger partial charge is 0.315 e. The number of nitrogens with zero attached hydrogens (tertiary/aromatic N) is 3. The lowest BCUT2D eigenvalue weighted by Gasteiger charge is -2.20. The maximum atomic E-state index is 12.1. The Hall–Kier alpha value is -2.37. The number of nitrogens with one attached hydrogen (secondary N) is 2. The lowest BCUT2D eigenvalue weighted by atomic mass is 9.89. The highest BCUT2D eigenvalue weighted by molar-refractivity contribution is 5.74. The Bertz CT molecular complexity index is 709. The van der Waals surface area contributed by atoms with Gasteiger partial charge in [-0.3, -0.25) is 0 Å². The molecule has 0 saturated carbocycles. The summed E-state index contributed by atoms with van der Waals surface area (Å²) in [7, 11) is 0. The number of fused-ring (bicyclic) bond motifs is 1. The third-order valence-electron chi connectivity index (χ3n) is 4.66. The predicted octanol–water partition coefficient (Wildman–Crippen LogP) is 2.74. The predicted molar refractivity (Wildman–Crippen MR) is 92.6 cm³/mol. The average Bonchev–Trinajstić information content (AvgIpc) is 3.07. The van der Waals surface area contributed by atoms with Gasteiger partial charge in [-0.15, -0.1) is 10.2 Å². The first-order valence-corrected chi connectivity index (χ1v) is 8.70. The molecule has 0 aliphatic heterocycles. The second-order valence-electron chi connectivity index (χ2n) is 6.32. The zero-order valence-electron chi connectivity index (χ0n) is 14.4. The molecule has 1 aromatic carbocycles. The van der Waals surface area contributed by atoms with Crippen LogP contribution in [0, 0.1) is 0 Å². The molecule has 3 rings (SSSR count). The van der Waals surface area contributed by atoms with Crippen molar-refractivity contribution in [2.75, 3.05) is 0 Å². The van der Waals surface area contributed by atoms with Gasteiger partial charge in [0, 0.05) is 6.54 Å². The van der Waals surface area contributed by atoms with Crippen molar-refractivity contribution in [3.05, 3.63) is 47.0 Å². The quantitative estimate of drug-likeness (QED) is 0.887. The molecule has 6 nitrogen and oxygen atoms in total. The van der Waals surface area contributed by atoms with Gasteiger partial charge in [0.1, 0.15) is 6.33 Å². The summed E-state index contributed by atoms with van der Waals surface area (Å²) >= 11 is 0. The van der Waals surface area contributed by atoms with E-state index < -0.39 is 0 Å². The monoisotopic (exact) mass is 327 g/mol. The van der Waals surface area contributed by atoms with Crippen LogP contribution < -0.4 is 10.6 Å². The normalized spacial score (nSPS) is 14.8. The zero-order chi connectivity index (χ0) is 16.9. The Morgan fingerprint density at radius 3 is 2.88 bits per heavy atom. The molecule has 0 radical (unpaired) electrons. The molecule has 1 aromatic heterocycles. The molecule has 2 N–H and O–H groups in total. The van der Waals surface area contributed by atoms with Gasteiger partial charge < -0.3 is 15.2 Å². The zero-order valence-corrected chi connectivity index (χ0v) is 14.4. The molecule has 1 heterocycles. The Kier molecular flexibility index (Phi) is 5.13. The number of urea groups is 1. The molecule has 1 atom stereocenters. The van der Waals surface area contributed by atoms with Gasteiger partial charge in [-0.25, -0.2) is 4.79 Å². The molecular weight excluding hydrogens is 302 g/mol. The van der Waals surface area contributed by atoms with Gasteiger partial charge in [-0.1, -0.05) is 18.2 Å². The molecule has 6 heteroatoms. The van der Waals surface area contributed by atoms with Gasteiger partial charge in [0.15, 0.2) is 5.82 Å². The van der Waals surface area contributed by atoms with E-state index in [-0.39, 0.29) is 12.1 Å². The van der Waals surface area contributed by atoms with Gasteiger partial charge >= 0.3 is 6.03 Å². The maximum absolute atomic E-state index is 12.1. The summed E-state index contributed by atoms with van der Waals surface area (Å²) in [6.07, 6.45) is 6.54. The van der Waals surface area contributed by atoms with Crippen LogP contribution in [0.1, 0.15) is 55.2 Å². The molecular formula is C18H25N5O. The lowest BCUT2D eigenvalue weighted by molar-refractivity contribution is 0.237. The first kappa shape index (κ1) is 16.5. The van der Waals surface area contributed by atoms with Crippen molar-refractivity contribution in [3.8, 4) is 0 Å². The second-order valence-corrected chi connectivity index (χ2v) is 6.32. The van der Waals surface area contributed by atoms with Gasteiger partial charge in [0.25, 0.3) is 0 Å². The van der Waals surface area contributed by atoms with Crippen molar-refractivity contribution in [1.82, 2.24) is 25.4 Å². The minimum absolute atomic E-state index is 0.0266. The van der Waals surface area contributed by atoms with Crippen molar-refractivity contribution in [1.29, 1.82) is 0 Å². The lowest BCUT2D eigenvalue weighted by Crippen LogP contribution is -2.37. The summed E-state index contributed by atoms with van der Waals surface area (Å²) in [6, 6.07) is 6.37. The van der Waals surface area contributed by atoms with Crippen LogP contribution in [-0.4, -0.2) is 20.8 Å². The van der Waals surface area contributed by atoms with Gasteiger partial charge in [-0.05, 0) is 56.2 Å². The van der Waals surface area contributed by atoms with E-state index >= 15 is 0 Å². The molecule has 0 spiro atoms. The highest BCUT2D eigenvalue weighted by Gasteiger charge is 2.14. The van der Waals surface area contributed by atoms with Crippen molar-refractivity contribution in [2.45, 2.75) is 58.7 Å². The van der Waals surface area contributed by atoms with E-state index in [0.717, 1.165) is 24.4 Å². The summed E-state index contributed by atoms with van der Waals surface area (Å²) in [4.78, 5) is 12.1. The minimum Gasteiger partial charge on any atom is -0.332 e. The number of aryl methyl sites for hydroxylation is 3. The fourth-order valence-corrected chi connectivity index (χ4v) is 3.19. The first-order valence-electron chi connectivity index (χ1n) is 8.70. The van der Waals surface area contributed by atoms with Gasteiger partial charge in [0.05, 0.1) is 12.6 Å². The fraction of sp³-hybridized carbons (Fsp3) is 0.500. The number of amides is 2. The van der Waals surface area contributed by atoms with Crippen molar-refractivity contribution in [2.24, 2.45) is 0 Å². The number of hydrogen-bond donors (Lipinski definition) is 2. The van der Waals surface area contributed by atoms with Gasteiger partial charge in [0.2, 0.25) is 0 Å². The van der Waals surface area contributed by atoms with Crippen LogP contribution >= 0.6 is 0 Å². The largest absolute Gasteiger partial charge is 0.332 e. The van der Waals surface area contributed by atoms with E-state index in [1.165, 1.54) is 30.4 Å². The van der Waals surface area contributed by atoms with E-state index in [2.05, 4.69) is 39.0 Å². The standard InChI is InChI=1S/C18H25N5O/c1-3-23-12-20-22-17(23)11-19-18(24)21-13(2)15-9-8-14-6-4-5-7-16(14)10-15/h8-10,12-13H,3-7,11H2,1-2H3,(H2,19,21,24)/t13-/m1/s1. The average molecular weight is 327 g/mol. The first-order chi connectivity index (χ1) is 11.7. The Labute approximate surface area is 142 Å². The molecule has 1 aliphatic carbocycles. The Balaban J connectivity index is 1.56. The van der Waals surface area contributed by atoms with Crippen LogP contribution in [-0.2, 0) is 25.9 Å². The minimum atomic E-state index is -0.189. The third-order valence-corrected chi connectivity index (χ3v) is 4.66. The van der Waals surface area contributed by atoms with Crippen LogP contribution in [0.25, 0.3) is 0 Å². The maximum Gasteiger partial charge on any atom is 0.315 e. The molecule has 24 heavy (non-hydrogen) atoms. The van der Waals surface area contributed by atoms with Crippen LogP contribution in [0.15, 0.2) is 24.5 Å². The molecule has 128 valence electrons. The van der Waals surface area contributed by atoms with Crippen molar-refractivity contribution in [3.63, 3.8) is 0 Å². The topological polar surface area (TPSA) is 71.8 Å². The summed E-state index contributed by atoms with van der Waals surface area (Å²) in [5.74, 6) is 0.758. The molecule has 0 bridgehead atoms. The fourth-order valence-electron chi connectivity index (χ4n) is 3.19. The number of aromatic nitrogens is 3. The van der Waals surface area contributed by atoms with Crippen LogP contribution in [0.3, 0.4) is 0 Å². The van der Waals surface area contributed by atoms with Crippen LogP contribution in [0.4, 0.5) is 4.79 Å². The summed E-state index contributed by atoms with van der Waals surface area (Å²) in [6.45, 7) is 5.19. The number of carbonyl (C=O) groups is 1. The molecule has 1 aliphatic rings. The van der Waals surface area contributed by atoms with Crippen LogP contribution in [0.5, 0.6) is 0 Å². The summed E-state index contributed by atoms with van der Waals surface area (Å²) in [5, 5.41) is 13.7. The number of hydrogen-bond acceptors (Lipinski definition) is 3. The Morgan fingerprint density at radius 1 is 1.29 bits per heavy atom. The Morgan fingerprint density at radius 2 is 2.08 bits per heavy atom. The molecule has 2 aromatic rings. The number of rotatable bonds is 5.